The van der Waals surface area contributed by atoms with Gasteiger partial charge in [-0.05, 0) is 31.0 Å². The molecule has 2 rings (SSSR count). The highest BCUT2D eigenvalue weighted by Gasteiger charge is 2.11. The summed E-state index contributed by atoms with van der Waals surface area (Å²) in [6.07, 6.45) is 2.58. The summed E-state index contributed by atoms with van der Waals surface area (Å²) in [5.74, 6) is 0.473. The average Bonchev–Trinajstić information content (AvgIpc) is 2.84. The van der Waals surface area contributed by atoms with Gasteiger partial charge in [0, 0.05) is 12.7 Å². The summed E-state index contributed by atoms with van der Waals surface area (Å²) in [6.45, 7) is 5.28. The van der Waals surface area contributed by atoms with Gasteiger partial charge in [0.25, 0.3) is 0 Å². The second kappa shape index (κ2) is 5.77. The Labute approximate surface area is 110 Å². The Kier molecular flexibility index (Phi) is 4.09. The van der Waals surface area contributed by atoms with Crippen molar-refractivity contribution in [3.8, 4) is 17.5 Å². The second-order valence-electron chi connectivity index (χ2n) is 3.59. The molecule has 0 atom stereocenters. The maximum Gasteiger partial charge on any atom is 0.321 e. The largest absolute Gasteiger partial charge is 0.463 e. The van der Waals surface area contributed by atoms with E-state index in [1.807, 2.05) is 19.9 Å². The fourth-order valence-electron chi connectivity index (χ4n) is 1.48. The second-order valence-corrected chi connectivity index (χ2v) is 3.93. The maximum atomic E-state index is 5.87. The van der Waals surface area contributed by atoms with Crippen LogP contribution in [0.4, 0.5) is 0 Å². The minimum atomic E-state index is 0.120. The quantitative estimate of drug-likeness (QED) is 0.831. The Balaban J connectivity index is 2.35. The average molecular weight is 268 g/mol. The van der Waals surface area contributed by atoms with Crippen LogP contribution in [0.15, 0.2) is 12.3 Å². The first-order valence-electron chi connectivity index (χ1n) is 5.81. The molecule has 0 fully saturated rings. The molecule has 2 aromatic heterocycles. The molecule has 7 heteroatoms. The van der Waals surface area contributed by atoms with E-state index in [1.165, 1.54) is 0 Å². The van der Waals surface area contributed by atoms with E-state index < -0.39 is 0 Å². The van der Waals surface area contributed by atoms with Gasteiger partial charge in [0.1, 0.15) is 5.69 Å². The lowest BCUT2D eigenvalue weighted by Gasteiger charge is -2.06. The molecule has 6 nitrogen and oxygen atoms in total. The number of aromatic nitrogens is 5. The molecule has 0 spiro atoms. The molecule has 2 aromatic rings. The molecule has 0 saturated carbocycles. The molecule has 0 bridgehead atoms. The third kappa shape index (κ3) is 2.76. The van der Waals surface area contributed by atoms with E-state index in [4.69, 9.17) is 16.3 Å². The minimum Gasteiger partial charge on any atom is -0.463 e. The van der Waals surface area contributed by atoms with Gasteiger partial charge in [-0.2, -0.15) is 20.1 Å². The molecule has 0 N–H and O–H groups in total. The zero-order valence-electron chi connectivity index (χ0n) is 10.3. The van der Waals surface area contributed by atoms with Crippen molar-refractivity contribution < 1.29 is 4.74 Å². The van der Waals surface area contributed by atoms with Gasteiger partial charge in [0.15, 0.2) is 5.82 Å². The molecule has 0 aliphatic carbocycles. The summed E-state index contributed by atoms with van der Waals surface area (Å²) in [4.78, 5) is 12.3. The van der Waals surface area contributed by atoms with Gasteiger partial charge in [0.2, 0.25) is 5.28 Å². The van der Waals surface area contributed by atoms with Gasteiger partial charge in [-0.3, -0.25) is 4.68 Å². The third-order valence-corrected chi connectivity index (χ3v) is 2.44. The van der Waals surface area contributed by atoms with Crippen molar-refractivity contribution in [2.45, 2.75) is 26.8 Å². The van der Waals surface area contributed by atoms with Crippen molar-refractivity contribution in [2.75, 3.05) is 6.61 Å². The van der Waals surface area contributed by atoms with Crippen molar-refractivity contribution in [3.05, 3.63) is 17.5 Å². The highest BCUT2D eigenvalue weighted by Crippen LogP contribution is 2.18. The summed E-state index contributed by atoms with van der Waals surface area (Å²) in [5, 5.41) is 4.29. The summed E-state index contributed by atoms with van der Waals surface area (Å²) >= 11 is 5.87. The Morgan fingerprint density at radius 2 is 2.11 bits per heavy atom. The number of aryl methyl sites for hydroxylation is 1. The summed E-state index contributed by atoms with van der Waals surface area (Å²) in [7, 11) is 0. The van der Waals surface area contributed by atoms with Crippen LogP contribution >= 0.6 is 11.6 Å². The predicted molar refractivity (Wildman–Crippen MR) is 67.5 cm³/mol. The molecule has 0 radical (unpaired) electrons. The van der Waals surface area contributed by atoms with Crippen LogP contribution in [-0.4, -0.2) is 31.3 Å². The molecule has 18 heavy (non-hydrogen) atoms. The Morgan fingerprint density at radius 1 is 1.28 bits per heavy atom. The number of halogens is 1. The Morgan fingerprint density at radius 3 is 2.83 bits per heavy atom. The van der Waals surface area contributed by atoms with E-state index in [-0.39, 0.29) is 11.3 Å². The van der Waals surface area contributed by atoms with Crippen LogP contribution in [0.5, 0.6) is 6.01 Å². The zero-order valence-corrected chi connectivity index (χ0v) is 11.1. The van der Waals surface area contributed by atoms with E-state index in [1.54, 1.807) is 10.9 Å². The molecule has 0 unspecified atom stereocenters. The first-order chi connectivity index (χ1) is 8.74. The van der Waals surface area contributed by atoms with Gasteiger partial charge in [-0.1, -0.05) is 6.92 Å². The molecule has 0 saturated heterocycles. The van der Waals surface area contributed by atoms with Crippen molar-refractivity contribution in [1.82, 2.24) is 24.7 Å². The van der Waals surface area contributed by atoms with Gasteiger partial charge >= 0.3 is 6.01 Å². The van der Waals surface area contributed by atoms with Crippen LogP contribution in [0.25, 0.3) is 11.5 Å². The normalized spacial score (nSPS) is 10.6. The SMILES string of the molecule is CCCOc1nc(Cl)nc(-c2ccnn2CC)n1. The van der Waals surface area contributed by atoms with Gasteiger partial charge in [-0.15, -0.1) is 0 Å². The van der Waals surface area contributed by atoms with Crippen LogP contribution in [0.2, 0.25) is 5.28 Å². The van der Waals surface area contributed by atoms with E-state index >= 15 is 0 Å². The topological polar surface area (TPSA) is 65.7 Å². The monoisotopic (exact) mass is 267 g/mol. The van der Waals surface area contributed by atoms with E-state index in [9.17, 15) is 0 Å². The van der Waals surface area contributed by atoms with E-state index in [2.05, 4.69) is 20.1 Å². The van der Waals surface area contributed by atoms with Crippen LogP contribution in [0.1, 0.15) is 20.3 Å². The van der Waals surface area contributed by atoms with E-state index in [0.717, 1.165) is 18.7 Å². The summed E-state index contributed by atoms with van der Waals surface area (Å²) < 4.78 is 7.16. The van der Waals surface area contributed by atoms with Crippen molar-refractivity contribution in [1.29, 1.82) is 0 Å². The molecule has 2 heterocycles. The van der Waals surface area contributed by atoms with Crippen LogP contribution in [-0.2, 0) is 6.54 Å². The lowest BCUT2D eigenvalue weighted by atomic mass is 10.4. The lowest BCUT2D eigenvalue weighted by molar-refractivity contribution is 0.291. The van der Waals surface area contributed by atoms with E-state index in [0.29, 0.717) is 12.4 Å². The highest BCUT2D eigenvalue weighted by molar-refractivity contribution is 6.28. The zero-order chi connectivity index (χ0) is 13.0. The molecule has 96 valence electrons. The van der Waals surface area contributed by atoms with Gasteiger partial charge in [-0.25, -0.2) is 0 Å². The number of hydrogen-bond acceptors (Lipinski definition) is 5. The lowest BCUT2D eigenvalue weighted by Crippen LogP contribution is -2.06. The fraction of sp³-hybridized carbons (Fsp3) is 0.455. The first-order valence-corrected chi connectivity index (χ1v) is 6.19. The van der Waals surface area contributed by atoms with Crippen LogP contribution in [0.3, 0.4) is 0 Å². The number of ether oxygens (including phenoxy) is 1. The van der Waals surface area contributed by atoms with Crippen molar-refractivity contribution in [3.63, 3.8) is 0 Å². The molecule has 0 aliphatic heterocycles. The highest BCUT2D eigenvalue weighted by atomic mass is 35.5. The number of hydrogen-bond donors (Lipinski definition) is 0. The summed E-state index contributed by atoms with van der Waals surface area (Å²) in [6, 6.07) is 2.08. The standard InChI is InChI=1S/C11H14ClN5O/c1-3-7-18-11-15-9(14-10(12)16-11)8-5-6-13-17(8)4-2/h5-6H,3-4,7H2,1-2H3. The number of rotatable bonds is 5. The van der Waals surface area contributed by atoms with Crippen LogP contribution in [0, 0.1) is 0 Å². The maximum absolute atomic E-state index is 5.87. The minimum absolute atomic E-state index is 0.120. The molecular formula is C11H14ClN5O. The summed E-state index contributed by atoms with van der Waals surface area (Å²) in [5.41, 5.74) is 0.795. The van der Waals surface area contributed by atoms with Crippen molar-refractivity contribution >= 4 is 11.6 Å². The Hall–Kier alpha value is -1.69. The van der Waals surface area contributed by atoms with Gasteiger partial charge < -0.3 is 4.74 Å². The van der Waals surface area contributed by atoms with Crippen molar-refractivity contribution in [2.24, 2.45) is 0 Å². The third-order valence-electron chi connectivity index (χ3n) is 2.27. The molecule has 0 amide bonds. The number of nitrogens with zero attached hydrogens (tertiary/aromatic N) is 5. The Bertz CT molecular complexity index is 528. The predicted octanol–water partition coefficient (Wildman–Crippen LogP) is 2.20. The smallest absolute Gasteiger partial charge is 0.321 e. The fourth-order valence-corrected chi connectivity index (χ4v) is 1.63. The van der Waals surface area contributed by atoms with Crippen LogP contribution < -0.4 is 4.74 Å². The molecular weight excluding hydrogens is 254 g/mol. The molecule has 0 aliphatic rings. The first kappa shape index (κ1) is 12.8. The molecule has 0 aromatic carbocycles. The van der Waals surface area contributed by atoms with Gasteiger partial charge in [0.05, 0.1) is 6.61 Å².